The number of carboxylic acids is 1. The molecule has 0 atom stereocenters. The smallest absolute Gasteiger partial charge is 0.410 e. The summed E-state index contributed by atoms with van der Waals surface area (Å²) in [6, 6.07) is 0. The van der Waals surface area contributed by atoms with Crippen LogP contribution in [0.3, 0.4) is 0 Å². The summed E-state index contributed by atoms with van der Waals surface area (Å²) in [6.45, 7) is 7.36. The van der Waals surface area contributed by atoms with Gasteiger partial charge in [-0.3, -0.25) is 4.79 Å². The number of carbonyl (C=O) groups excluding carboxylic acids is 1. The largest absolute Gasteiger partial charge is 0.481 e. The van der Waals surface area contributed by atoms with Gasteiger partial charge in [0.15, 0.2) is 0 Å². The molecule has 1 fully saturated rings. The summed E-state index contributed by atoms with van der Waals surface area (Å²) in [6.07, 6.45) is 0.226. The lowest BCUT2D eigenvalue weighted by Crippen LogP contribution is -2.71. The van der Waals surface area contributed by atoms with Gasteiger partial charge in [-0.25, -0.2) is 4.79 Å². The molecule has 1 aliphatic heterocycles. The number of hydrogen-bond acceptors (Lipinski definition) is 6. The van der Waals surface area contributed by atoms with Crippen LogP contribution in [0.1, 0.15) is 33.6 Å². The highest BCUT2D eigenvalue weighted by Crippen LogP contribution is 2.26. The third-order valence-electron chi connectivity index (χ3n) is 3.33. The number of nitrogens with one attached hydrogen (secondary N) is 1. The van der Waals surface area contributed by atoms with E-state index in [4.69, 9.17) is 19.7 Å². The Morgan fingerprint density at radius 3 is 2.43 bits per heavy atom. The topological polar surface area (TPSA) is 108 Å². The number of carboxylic acid groups (broad SMARTS) is 1. The van der Waals surface area contributed by atoms with Gasteiger partial charge in [0, 0.05) is 19.7 Å². The summed E-state index contributed by atoms with van der Waals surface area (Å²) >= 11 is 0. The summed E-state index contributed by atoms with van der Waals surface area (Å²) in [5, 5.41) is 20.9. The van der Waals surface area contributed by atoms with E-state index >= 15 is 0 Å². The number of ether oxygens (including phenoxy) is 2. The molecule has 1 aliphatic rings. The van der Waals surface area contributed by atoms with Crippen LogP contribution in [0.15, 0.2) is 0 Å². The Balaban J connectivity index is 2.40. The van der Waals surface area contributed by atoms with E-state index in [1.54, 1.807) is 20.8 Å². The molecule has 8 nitrogen and oxygen atoms in total. The van der Waals surface area contributed by atoms with E-state index in [-0.39, 0.29) is 13.0 Å². The molecular formula is C15H28N2O6. The second kappa shape index (κ2) is 8.47. The SMILES string of the molecule is CC(C)(C)OC(=O)N1CC(CC(=O)O)(NCCCOCCO)C1. The molecule has 0 aromatic rings. The molecule has 1 saturated heterocycles. The highest BCUT2D eigenvalue weighted by Gasteiger charge is 2.47. The number of nitrogens with zero attached hydrogens (tertiary/aromatic N) is 1. The van der Waals surface area contributed by atoms with Crippen molar-refractivity contribution in [3.8, 4) is 0 Å². The van der Waals surface area contributed by atoms with Crippen LogP contribution in [-0.4, -0.2) is 77.8 Å². The van der Waals surface area contributed by atoms with Crippen molar-refractivity contribution in [2.24, 2.45) is 0 Å². The minimum Gasteiger partial charge on any atom is -0.481 e. The number of aliphatic hydroxyl groups is 1. The van der Waals surface area contributed by atoms with Crippen LogP contribution in [0.4, 0.5) is 4.79 Å². The number of aliphatic carboxylic acids is 1. The fourth-order valence-electron chi connectivity index (χ4n) is 2.41. The van der Waals surface area contributed by atoms with Gasteiger partial charge in [-0.15, -0.1) is 0 Å². The normalized spacial score (nSPS) is 16.8. The molecule has 0 unspecified atom stereocenters. The average molecular weight is 332 g/mol. The molecule has 0 aromatic heterocycles. The zero-order valence-corrected chi connectivity index (χ0v) is 14.1. The Morgan fingerprint density at radius 2 is 1.91 bits per heavy atom. The predicted molar refractivity (Wildman–Crippen MR) is 83.3 cm³/mol. The molecule has 8 heteroatoms. The maximum absolute atomic E-state index is 11.9. The fraction of sp³-hybridized carbons (Fsp3) is 0.867. The summed E-state index contributed by atoms with van der Waals surface area (Å²) in [4.78, 5) is 24.5. The van der Waals surface area contributed by atoms with Gasteiger partial charge in [-0.1, -0.05) is 0 Å². The molecule has 0 bridgehead atoms. The van der Waals surface area contributed by atoms with Gasteiger partial charge in [-0.2, -0.15) is 0 Å². The van der Waals surface area contributed by atoms with E-state index in [1.807, 2.05) is 0 Å². The highest BCUT2D eigenvalue weighted by molar-refractivity contribution is 5.73. The third kappa shape index (κ3) is 7.15. The standard InChI is InChI=1S/C15H28N2O6/c1-14(2,3)23-13(21)17-10-15(11-17,9-12(19)20)16-5-4-7-22-8-6-18/h16,18H,4-11H2,1-3H3,(H,19,20). The number of hydrogen-bond donors (Lipinski definition) is 3. The predicted octanol–water partition coefficient (Wildman–Crippen LogP) is 0.439. The molecule has 134 valence electrons. The van der Waals surface area contributed by atoms with Crippen LogP contribution in [0.25, 0.3) is 0 Å². The molecule has 0 saturated carbocycles. The fourth-order valence-corrected chi connectivity index (χ4v) is 2.41. The molecule has 0 radical (unpaired) electrons. The summed E-state index contributed by atoms with van der Waals surface area (Å²) in [5.41, 5.74) is -1.18. The first-order valence-corrected chi connectivity index (χ1v) is 7.81. The van der Waals surface area contributed by atoms with Crippen molar-refractivity contribution >= 4 is 12.1 Å². The van der Waals surface area contributed by atoms with Gasteiger partial charge in [0.05, 0.1) is 25.2 Å². The lowest BCUT2D eigenvalue weighted by atomic mass is 9.86. The van der Waals surface area contributed by atoms with Crippen molar-refractivity contribution in [1.82, 2.24) is 10.2 Å². The zero-order chi connectivity index (χ0) is 17.5. The van der Waals surface area contributed by atoms with Crippen LogP contribution in [0.2, 0.25) is 0 Å². The van der Waals surface area contributed by atoms with E-state index in [2.05, 4.69) is 5.32 Å². The zero-order valence-electron chi connectivity index (χ0n) is 14.1. The Labute approximate surface area is 136 Å². The molecule has 1 heterocycles. The summed E-state index contributed by atoms with van der Waals surface area (Å²) in [5.74, 6) is -0.905. The molecule has 23 heavy (non-hydrogen) atoms. The summed E-state index contributed by atoms with van der Waals surface area (Å²) in [7, 11) is 0. The van der Waals surface area contributed by atoms with Crippen LogP contribution >= 0.6 is 0 Å². The second-order valence-electron chi connectivity index (χ2n) is 6.80. The average Bonchev–Trinajstić information content (AvgIpc) is 2.36. The first-order chi connectivity index (χ1) is 10.7. The van der Waals surface area contributed by atoms with E-state index in [0.29, 0.717) is 39.3 Å². The van der Waals surface area contributed by atoms with Gasteiger partial charge >= 0.3 is 12.1 Å². The van der Waals surface area contributed by atoms with Crippen molar-refractivity contribution in [2.75, 3.05) is 39.5 Å². The molecule has 0 aliphatic carbocycles. The Kier molecular flexibility index (Phi) is 7.24. The van der Waals surface area contributed by atoms with Crippen LogP contribution in [-0.2, 0) is 14.3 Å². The Morgan fingerprint density at radius 1 is 1.26 bits per heavy atom. The number of likely N-dealkylation sites (tertiary alicyclic amines) is 1. The van der Waals surface area contributed by atoms with Crippen molar-refractivity contribution < 1.29 is 29.3 Å². The molecule has 1 rings (SSSR count). The minimum atomic E-state index is -0.905. The number of rotatable bonds is 9. The van der Waals surface area contributed by atoms with Gasteiger partial charge in [0.2, 0.25) is 0 Å². The highest BCUT2D eigenvalue weighted by atomic mass is 16.6. The number of amides is 1. The lowest BCUT2D eigenvalue weighted by Gasteiger charge is -2.49. The monoisotopic (exact) mass is 332 g/mol. The lowest BCUT2D eigenvalue weighted by molar-refractivity contribution is -0.141. The van der Waals surface area contributed by atoms with Gasteiger partial charge < -0.3 is 29.9 Å². The maximum Gasteiger partial charge on any atom is 0.410 e. The minimum absolute atomic E-state index is 0.0127. The first kappa shape index (κ1) is 19.7. The quantitative estimate of drug-likeness (QED) is 0.526. The van der Waals surface area contributed by atoms with E-state index < -0.39 is 23.2 Å². The molecule has 0 spiro atoms. The number of aliphatic hydroxyl groups excluding tert-OH is 1. The van der Waals surface area contributed by atoms with Crippen molar-refractivity contribution in [3.05, 3.63) is 0 Å². The van der Waals surface area contributed by atoms with E-state index in [1.165, 1.54) is 4.90 Å². The van der Waals surface area contributed by atoms with Crippen LogP contribution < -0.4 is 5.32 Å². The number of carbonyl (C=O) groups is 2. The molecular weight excluding hydrogens is 304 g/mol. The van der Waals surface area contributed by atoms with Gasteiger partial charge in [0.1, 0.15) is 5.60 Å². The van der Waals surface area contributed by atoms with Crippen LogP contribution in [0, 0.1) is 0 Å². The molecule has 3 N–H and O–H groups in total. The van der Waals surface area contributed by atoms with Crippen molar-refractivity contribution in [3.63, 3.8) is 0 Å². The summed E-state index contributed by atoms with van der Waals surface area (Å²) < 4.78 is 10.4. The Bertz CT molecular complexity index is 401. The van der Waals surface area contributed by atoms with Gasteiger partial charge in [0.25, 0.3) is 0 Å². The molecule has 0 aromatic carbocycles. The van der Waals surface area contributed by atoms with E-state index in [9.17, 15) is 9.59 Å². The second-order valence-corrected chi connectivity index (χ2v) is 6.80. The molecule has 1 amide bonds. The van der Waals surface area contributed by atoms with E-state index in [0.717, 1.165) is 0 Å². The first-order valence-electron chi connectivity index (χ1n) is 7.81. The van der Waals surface area contributed by atoms with Crippen molar-refractivity contribution in [2.45, 2.75) is 44.8 Å². The Hall–Kier alpha value is -1.38. The van der Waals surface area contributed by atoms with Crippen molar-refractivity contribution in [1.29, 1.82) is 0 Å². The third-order valence-corrected chi connectivity index (χ3v) is 3.33. The maximum atomic E-state index is 11.9. The van der Waals surface area contributed by atoms with Gasteiger partial charge in [-0.05, 0) is 33.7 Å². The van der Waals surface area contributed by atoms with Crippen LogP contribution in [0.5, 0.6) is 0 Å².